The fraction of sp³-hybridized carbons (Fsp3) is 0.909. The van der Waals surface area contributed by atoms with Crippen LogP contribution in [-0.2, 0) is 0 Å². The van der Waals surface area contributed by atoms with Gasteiger partial charge < -0.3 is 16.2 Å². The first kappa shape index (κ1) is 12.3. The van der Waals surface area contributed by atoms with Crippen LogP contribution in [0, 0.1) is 5.92 Å². The van der Waals surface area contributed by atoms with Crippen LogP contribution in [0.5, 0.6) is 0 Å². The lowest BCUT2D eigenvalue weighted by atomic mass is 9.84. The smallest absolute Gasteiger partial charge is 0.404 e. The van der Waals surface area contributed by atoms with Crippen LogP contribution in [-0.4, -0.2) is 23.3 Å². The molecular formula is C11H22N2O2. The number of amides is 1. The third kappa shape index (κ3) is 4.51. The molecule has 1 rings (SSSR count). The summed E-state index contributed by atoms with van der Waals surface area (Å²) < 4.78 is 0. The maximum Gasteiger partial charge on any atom is 0.404 e. The molecule has 1 aliphatic carbocycles. The quantitative estimate of drug-likeness (QED) is 0.669. The fourth-order valence-electron chi connectivity index (χ4n) is 2.31. The van der Waals surface area contributed by atoms with E-state index in [4.69, 9.17) is 10.8 Å². The van der Waals surface area contributed by atoms with Crippen molar-refractivity contribution in [1.82, 2.24) is 5.32 Å². The third-order valence-electron chi connectivity index (χ3n) is 3.32. The highest BCUT2D eigenvalue weighted by atomic mass is 16.4. The normalized spacial score (nSPS) is 22.0. The van der Waals surface area contributed by atoms with Crippen molar-refractivity contribution in [3.8, 4) is 0 Å². The van der Waals surface area contributed by atoms with Crippen LogP contribution < -0.4 is 11.1 Å². The Morgan fingerprint density at radius 2 is 2.07 bits per heavy atom. The van der Waals surface area contributed by atoms with Gasteiger partial charge in [0.1, 0.15) is 0 Å². The van der Waals surface area contributed by atoms with Gasteiger partial charge in [-0.05, 0) is 19.3 Å². The van der Waals surface area contributed by atoms with Crippen LogP contribution in [0.4, 0.5) is 4.79 Å². The molecule has 0 aliphatic heterocycles. The molecule has 4 nitrogen and oxygen atoms in total. The lowest BCUT2D eigenvalue weighted by Gasteiger charge is -2.27. The largest absolute Gasteiger partial charge is 0.465 e. The Morgan fingerprint density at radius 1 is 1.47 bits per heavy atom. The summed E-state index contributed by atoms with van der Waals surface area (Å²) in [5, 5.41) is 11.0. The lowest BCUT2D eigenvalue weighted by Crippen LogP contribution is -2.46. The number of carbonyl (C=O) groups is 1. The minimum absolute atomic E-state index is 0.0517. The fourth-order valence-corrected chi connectivity index (χ4v) is 2.31. The van der Waals surface area contributed by atoms with Gasteiger partial charge in [0.25, 0.3) is 0 Å². The summed E-state index contributed by atoms with van der Waals surface area (Å²) in [7, 11) is 0. The molecule has 0 radical (unpaired) electrons. The molecular weight excluding hydrogens is 192 g/mol. The van der Waals surface area contributed by atoms with Crippen molar-refractivity contribution >= 4 is 6.09 Å². The van der Waals surface area contributed by atoms with Crippen molar-refractivity contribution in [3.05, 3.63) is 0 Å². The van der Waals surface area contributed by atoms with Gasteiger partial charge in [-0.25, -0.2) is 4.79 Å². The second kappa shape index (κ2) is 5.95. The Morgan fingerprint density at radius 3 is 2.60 bits per heavy atom. The second-order valence-electron chi connectivity index (χ2n) is 4.64. The first-order valence-corrected chi connectivity index (χ1v) is 5.84. The zero-order chi connectivity index (χ0) is 11.3. The van der Waals surface area contributed by atoms with Crippen molar-refractivity contribution in [1.29, 1.82) is 0 Å². The molecule has 15 heavy (non-hydrogen) atoms. The Labute approximate surface area is 91.2 Å². The maximum absolute atomic E-state index is 10.4. The number of nitrogens with one attached hydrogen (secondary N) is 1. The summed E-state index contributed by atoms with van der Waals surface area (Å²) in [6.45, 7) is 1.83. The second-order valence-corrected chi connectivity index (χ2v) is 4.64. The SMILES string of the molecule is C[C@H](NC(=O)O)[C@H](N)CC1CCCCC1. The van der Waals surface area contributed by atoms with Gasteiger partial charge in [-0.1, -0.05) is 32.1 Å². The molecule has 0 aromatic rings. The number of carboxylic acid groups (broad SMARTS) is 1. The molecule has 1 aliphatic rings. The zero-order valence-corrected chi connectivity index (χ0v) is 9.41. The van der Waals surface area contributed by atoms with Gasteiger partial charge in [-0.15, -0.1) is 0 Å². The van der Waals surface area contributed by atoms with E-state index in [1.807, 2.05) is 6.92 Å². The Balaban J connectivity index is 2.26. The number of hydrogen-bond donors (Lipinski definition) is 3. The molecule has 1 amide bonds. The average molecular weight is 214 g/mol. The van der Waals surface area contributed by atoms with E-state index in [1.54, 1.807) is 0 Å². The van der Waals surface area contributed by atoms with E-state index in [9.17, 15) is 4.79 Å². The first-order chi connectivity index (χ1) is 7.09. The molecule has 1 fully saturated rings. The molecule has 0 heterocycles. The molecule has 0 aromatic heterocycles. The van der Waals surface area contributed by atoms with Crippen LogP contribution in [0.1, 0.15) is 45.4 Å². The molecule has 0 spiro atoms. The summed E-state index contributed by atoms with van der Waals surface area (Å²) in [6, 6.07) is -0.200. The van der Waals surface area contributed by atoms with E-state index in [2.05, 4.69) is 5.32 Å². The minimum Gasteiger partial charge on any atom is -0.465 e. The highest BCUT2D eigenvalue weighted by Crippen LogP contribution is 2.27. The Hall–Kier alpha value is -0.770. The Kier molecular flexibility index (Phi) is 4.88. The summed E-state index contributed by atoms with van der Waals surface area (Å²) in [4.78, 5) is 10.4. The van der Waals surface area contributed by atoms with E-state index >= 15 is 0 Å². The van der Waals surface area contributed by atoms with Gasteiger partial charge in [0, 0.05) is 12.1 Å². The predicted molar refractivity (Wildman–Crippen MR) is 59.8 cm³/mol. The van der Waals surface area contributed by atoms with Crippen molar-refractivity contribution in [2.24, 2.45) is 11.7 Å². The minimum atomic E-state index is -0.985. The molecule has 4 N–H and O–H groups in total. The van der Waals surface area contributed by atoms with E-state index < -0.39 is 6.09 Å². The molecule has 2 atom stereocenters. The third-order valence-corrected chi connectivity index (χ3v) is 3.32. The molecule has 0 aromatic carbocycles. The number of rotatable bonds is 4. The summed E-state index contributed by atoms with van der Waals surface area (Å²) in [6.07, 6.45) is 6.43. The van der Waals surface area contributed by atoms with Crippen LogP contribution in [0.15, 0.2) is 0 Å². The van der Waals surface area contributed by atoms with Gasteiger partial charge >= 0.3 is 6.09 Å². The van der Waals surface area contributed by atoms with Gasteiger partial charge in [-0.3, -0.25) is 0 Å². The van der Waals surface area contributed by atoms with Crippen LogP contribution in [0.25, 0.3) is 0 Å². The Bertz CT molecular complexity index is 203. The van der Waals surface area contributed by atoms with Crippen LogP contribution in [0.2, 0.25) is 0 Å². The summed E-state index contributed by atoms with van der Waals surface area (Å²) >= 11 is 0. The van der Waals surface area contributed by atoms with Gasteiger partial charge in [0.05, 0.1) is 0 Å². The summed E-state index contributed by atoms with van der Waals surface area (Å²) in [5.41, 5.74) is 5.97. The standard InChI is InChI=1S/C11H22N2O2/c1-8(13-11(14)15)10(12)7-9-5-3-2-4-6-9/h8-10,13H,2-7,12H2,1H3,(H,14,15)/t8-,10+/m0/s1. The zero-order valence-electron chi connectivity index (χ0n) is 9.41. The first-order valence-electron chi connectivity index (χ1n) is 5.84. The maximum atomic E-state index is 10.4. The van der Waals surface area contributed by atoms with E-state index in [1.165, 1.54) is 32.1 Å². The monoisotopic (exact) mass is 214 g/mol. The summed E-state index contributed by atoms with van der Waals surface area (Å²) in [5.74, 6) is 0.701. The number of nitrogens with two attached hydrogens (primary N) is 1. The van der Waals surface area contributed by atoms with Crippen LogP contribution >= 0.6 is 0 Å². The van der Waals surface area contributed by atoms with Gasteiger partial charge in [0.15, 0.2) is 0 Å². The highest BCUT2D eigenvalue weighted by Gasteiger charge is 2.21. The van der Waals surface area contributed by atoms with Gasteiger partial charge in [-0.2, -0.15) is 0 Å². The average Bonchev–Trinajstić information content (AvgIpc) is 2.18. The van der Waals surface area contributed by atoms with Gasteiger partial charge in [0.2, 0.25) is 0 Å². The molecule has 1 saturated carbocycles. The molecule has 0 unspecified atom stereocenters. The van der Waals surface area contributed by atoms with E-state index in [0.717, 1.165) is 6.42 Å². The van der Waals surface area contributed by atoms with Crippen molar-refractivity contribution in [2.75, 3.05) is 0 Å². The molecule has 0 bridgehead atoms. The number of hydrogen-bond acceptors (Lipinski definition) is 2. The molecule has 88 valence electrons. The van der Waals surface area contributed by atoms with Crippen molar-refractivity contribution in [2.45, 2.75) is 57.5 Å². The van der Waals surface area contributed by atoms with Crippen LogP contribution in [0.3, 0.4) is 0 Å². The van der Waals surface area contributed by atoms with E-state index in [0.29, 0.717) is 5.92 Å². The van der Waals surface area contributed by atoms with Crippen molar-refractivity contribution in [3.63, 3.8) is 0 Å². The van der Waals surface area contributed by atoms with Crippen molar-refractivity contribution < 1.29 is 9.90 Å². The van der Waals surface area contributed by atoms with E-state index in [-0.39, 0.29) is 12.1 Å². The predicted octanol–water partition coefficient (Wildman–Crippen LogP) is 1.94. The topological polar surface area (TPSA) is 75.3 Å². The lowest BCUT2D eigenvalue weighted by molar-refractivity contribution is 0.186. The molecule has 4 heteroatoms. The highest BCUT2D eigenvalue weighted by molar-refractivity contribution is 5.64. The molecule has 0 saturated heterocycles.